The lowest BCUT2D eigenvalue weighted by Crippen LogP contribution is -2.52. The zero-order valence-electron chi connectivity index (χ0n) is 18.2. The van der Waals surface area contributed by atoms with Gasteiger partial charge in [-0.25, -0.2) is 4.99 Å². The Morgan fingerprint density at radius 1 is 0.969 bits per heavy atom. The molecule has 4 rings (SSSR count). The van der Waals surface area contributed by atoms with Gasteiger partial charge in [-0.15, -0.1) is 0 Å². The number of carbonyl (C=O) groups excluding carboxylic acids is 2. The van der Waals surface area contributed by atoms with Crippen LogP contribution in [0.25, 0.3) is 0 Å². The number of aliphatic imine (C=N–C) groups is 1. The van der Waals surface area contributed by atoms with E-state index in [1.807, 2.05) is 24.3 Å². The molecular weight excluding hydrogens is 410 g/mol. The summed E-state index contributed by atoms with van der Waals surface area (Å²) >= 11 is 0. The van der Waals surface area contributed by atoms with E-state index in [1.165, 1.54) is 0 Å². The van der Waals surface area contributed by atoms with Crippen LogP contribution in [0.4, 0.5) is 11.4 Å². The van der Waals surface area contributed by atoms with Gasteiger partial charge >= 0.3 is 0 Å². The van der Waals surface area contributed by atoms with Crippen LogP contribution in [-0.4, -0.2) is 69.1 Å². The molecule has 2 aromatic carbocycles. The van der Waals surface area contributed by atoms with E-state index in [4.69, 9.17) is 9.47 Å². The molecular formula is C23H27N5O4. The molecule has 0 unspecified atom stereocenters. The van der Waals surface area contributed by atoms with Crippen LogP contribution in [0.15, 0.2) is 53.5 Å². The molecule has 0 aliphatic carbocycles. The second-order valence-corrected chi connectivity index (χ2v) is 7.61. The molecule has 9 heteroatoms. The summed E-state index contributed by atoms with van der Waals surface area (Å²) in [5.74, 6) is 1.58. The van der Waals surface area contributed by atoms with Gasteiger partial charge in [-0.1, -0.05) is 0 Å². The normalized spacial score (nSPS) is 18.1. The topological polar surface area (TPSA) is 95.5 Å². The molecule has 168 valence electrons. The third kappa shape index (κ3) is 4.93. The van der Waals surface area contributed by atoms with E-state index in [0.29, 0.717) is 17.4 Å². The monoisotopic (exact) mass is 437 g/mol. The molecule has 0 spiro atoms. The number of hydrogen-bond donors (Lipinski definition) is 2. The predicted molar refractivity (Wildman–Crippen MR) is 122 cm³/mol. The van der Waals surface area contributed by atoms with E-state index in [-0.39, 0.29) is 18.2 Å². The second kappa shape index (κ2) is 9.59. The van der Waals surface area contributed by atoms with Crippen molar-refractivity contribution in [1.29, 1.82) is 0 Å². The van der Waals surface area contributed by atoms with Crippen molar-refractivity contribution < 1.29 is 19.1 Å². The van der Waals surface area contributed by atoms with E-state index >= 15 is 0 Å². The maximum atomic E-state index is 12.4. The lowest BCUT2D eigenvalue weighted by Gasteiger charge is -2.36. The average molecular weight is 438 g/mol. The van der Waals surface area contributed by atoms with Crippen LogP contribution >= 0.6 is 0 Å². The standard InChI is InChI=1S/C23H27N5O4/c1-31-18-7-3-16(4-8-18)24-21(29)15-20-22(30)26-23(25-20)28-13-11-27(12-14-28)17-5-9-19(32-2)10-6-17/h3-10,20H,11-15H2,1-2H3,(H,24,29)(H,25,26,30)/t20-/m1/s1. The number of hydrogen-bond acceptors (Lipinski definition) is 7. The first-order valence-corrected chi connectivity index (χ1v) is 10.5. The zero-order chi connectivity index (χ0) is 22.5. The third-order valence-corrected chi connectivity index (χ3v) is 5.59. The quantitative estimate of drug-likeness (QED) is 0.715. The highest BCUT2D eigenvalue weighted by molar-refractivity contribution is 6.07. The lowest BCUT2D eigenvalue weighted by molar-refractivity contribution is -0.123. The fraction of sp³-hybridized carbons (Fsp3) is 0.348. The Labute approximate surface area is 187 Å². The van der Waals surface area contributed by atoms with E-state index in [2.05, 4.69) is 25.4 Å². The van der Waals surface area contributed by atoms with Crippen molar-refractivity contribution in [2.45, 2.75) is 12.5 Å². The van der Waals surface area contributed by atoms with Crippen molar-refractivity contribution in [3.63, 3.8) is 0 Å². The number of carbonyl (C=O) groups is 2. The van der Waals surface area contributed by atoms with Gasteiger partial charge in [0.25, 0.3) is 5.91 Å². The van der Waals surface area contributed by atoms with Gasteiger partial charge < -0.3 is 24.6 Å². The molecule has 2 aliphatic heterocycles. The number of rotatable bonds is 6. The minimum absolute atomic E-state index is 0.00677. The second-order valence-electron chi connectivity index (χ2n) is 7.61. The highest BCUT2D eigenvalue weighted by Crippen LogP contribution is 2.21. The van der Waals surface area contributed by atoms with Gasteiger partial charge in [-0.3, -0.25) is 14.9 Å². The van der Waals surface area contributed by atoms with Crippen LogP contribution in [0.5, 0.6) is 11.5 Å². The summed E-state index contributed by atoms with van der Waals surface area (Å²) in [6.45, 7) is 3.08. The van der Waals surface area contributed by atoms with Crippen molar-refractivity contribution >= 4 is 29.1 Å². The van der Waals surface area contributed by atoms with E-state index < -0.39 is 6.04 Å². The van der Waals surface area contributed by atoms with Gasteiger partial charge in [-0.2, -0.15) is 0 Å². The Morgan fingerprint density at radius 2 is 1.53 bits per heavy atom. The summed E-state index contributed by atoms with van der Waals surface area (Å²) < 4.78 is 10.3. The Bertz CT molecular complexity index is 982. The number of anilines is 2. The smallest absolute Gasteiger partial charge is 0.252 e. The maximum absolute atomic E-state index is 12.4. The zero-order valence-corrected chi connectivity index (χ0v) is 18.2. The van der Waals surface area contributed by atoms with Crippen molar-refractivity contribution in [1.82, 2.24) is 10.2 Å². The first kappa shape index (κ1) is 21.5. The number of amides is 2. The molecule has 9 nitrogen and oxygen atoms in total. The number of piperazine rings is 1. The molecule has 32 heavy (non-hydrogen) atoms. The molecule has 2 N–H and O–H groups in total. The highest BCUT2D eigenvalue weighted by atomic mass is 16.5. The summed E-state index contributed by atoms with van der Waals surface area (Å²) in [7, 11) is 3.24. The summed E-state index contributed by atoms with van der Waals surface area (Å²) in [6.07, 6.45) is -0.00677. The molecule has 0 bridgehead atoms. The minimum Gasteiger partial charge on any atom is -0.497 e. The Morgan fingerprint density at radius 3 is 2.12 bits per heavy atom. The average Bonchev–Trinajstić information content (AvgIpc) is 3.19. The Kier molecular flexibility index (Phi) is 6.44. The van der Waals surface area contributed by atoms with Crippen LogP contribution in [0.3, 0.4) is 0 Å². The van der Waals surface area contributed by atoms with Crippen LogP contribution in [0, 0.1) is 0 Å². The summed E-state index contributed by atoms with van der Waals surface area (Å²) in [5.41, 5.74) is 1.78. The molecule has 0 radical (unpaired) electrons. The Hall–Kier alpha value is -3.75. The summed E-state index contributed by atoms with van der Waals surface area (Å²) in [6, 6.07) is 14.3. The molecule has 0 saturated carbocycles. The molecule has 2 aromatic rings. The lowest BCUT2D eigenvalue weighted by atomic mass is 10.2. The molecule has 2 heterocycles. The van der Waals surface area contributed by atoms with Crippen LogP contribution < -0.4 is 25.0 Å². The predicted octanol–water partition coefficient (Wildman–Crippen LogP) is 1.71. The molecule has 1 fully saturated rings. The summed E-state index contributed by atoms with van der Waals surface area (Å²) in [5, 5.41) is 5.63. The number of nitrogens with one attached hydrogen (secondary N) is 2. The third-order valence-electron chi connectivity index (χ3n) is 5.59. The largest absolute Gasteiger partial charge is 0.497 e. The first-order chi connectivity index (χ1) is 15.6. The van der Waals surface area contributed by atoms with Gasteiger partial charge in [0, 0.05) is 37.6 Å². The molecule has 0 aromatic heterocycles. The van der Waals surface area contributed by atoms with E-state index in [9.17, 15) is 9.59 Å². The maximum Gasteiger partial charge on any atom is 0.252 e. The number of nitrogens with zero attached hydrogens (tertiary/aromatic N) is 3. The number of ether oxygens (including phenoxy) is 2. The van der Waals surface area contributed by atoms with Crippen molar-refractivity contribution in [3.05, 3.63) is 48.5 Å². The van der Waals surface area contributed by atoms with Gasteiger partial charge in [0.1, 0.15) is 17.5 Å². The molecule has 2 aliphatic rings. The van der Waals surface area contributed by atoms with Gasteiger partial charge in [-0.05, 0) is 48.5 Å². The van der Waals surface area contributed by atoms with Gasteiger partial charge in [0.05, 0.1) is 20.6 Å². The van der Waals surface area contributed by atoms with E-state index in [0.717, 1.165) is 37.6 Å². The van der Waals surface area contributed by atoms with Crippen molar-refractivity contribution in [3.8, 4) is 11.5 Å². The SMILES string of the molecule is COc1ccc(NC(=O)C[C@H]2N=C(N3CCN(c4ccc(OC)cc4)CC3)NC2=O)cc1. The fourth-order valence-electron chi connectivity index (χ4n) is 3.76. The van der Waals surface area contributed by atoms with E-state index in [1.54, 1.807) is 38.5 Å². The molecule has 2 amide bonds. The van der Waals surface area contributed by atoms with Crippen molar-refractivity contribution in [2.75, 3.05) is 50.6 Å². The Balaban J connectivity index is 1.30. The fourth-order valence-corrected chi connectivity index (χ4v) is 3.76. The highest BCUT2D eigenvalue weighted by Gasteiger charge is 2.32. The van der Waals surface area contributed by atoms with Gasteiger partial charge in [0.15, 0.2) is 0 Å². The minimum atomic E-state index is -0.720. The van der Waals surface area contributed by atoms with Crippen molar-refractivity contribution in [2.24, 2.45) is 4.99 Å². The number of benzene rings is 2. The summed E-state index contributed by atoms with van der Waals surface area (Å²) in [4.78, 5) is 33.6. The number of methoxy groups -OCH3 is 2. The van der Waals surface area contributed by atoms with Crippen LogP contribution in [0.2, 0.25) is 0 Å². The first-order valence-electron chi connectivity index (χ1n) is 10.5. The number of guanidine groups is 1. The molecule has 1 saturated heterocycles. The molecule has 1 atom stereocenters. The van der Waals surface area contributed by atoms with Crippen LogP contribution in [0.1, 0.15) is 6.42 Å². The van der Waals surface area contributed by atoms with Gasteiger partial charge in [0.2, 0.25) is 11.9 Å². The van der Waals surface area contributed by atoms with Crippen LogP contribution in [-0.2, 0) is 9.59 Å².